The second-order valence-electron chi connectivity index (χ2n) is 9.07. The van der Waals surface area contributed by atoms with Crippen LogP contribution < -0.4 is 20.1 Å². The third kappa shape index (κ3) is 6.88. The fraction of sp³-hybridized carbons (Fsp3) is 0.357. The van der Waals surface area contributed by atoms with E-state index < -0.39 is 0 Å². The number of hydrogen-bond acceptors (Lipinski definition) is 6. The van der Waals surface area contributed by atoms with Crippen LogP contribution in [0.1, 0.15) is 53.1 Å². The lowest BCUT2D eigenvalue weighted by Crippen LogP contribution is -2.37. The highest BCUT2D eigenvalue weighted by Gasteiger charge is 2.24. The zero-order chi connectivity index (χ0) is 25.5. The smallest absolute Gasteiger partial charge is 0.251 e. The van der Waals surface area contributed by atoms with E-state index in [0.717, 1.165) is 29.7 Å². The molecule has 0 saturated heterocycles. The van der Waals surface area contributed by atoms with Crippen molar-refractivity contribution >= 4 is 11.8 Å². The zero-order valence-electron chi connectivity index (χ0n) is 21.0. The number of hydrogen-bond donors (Lipinski definition) is 2. The molecule has 3 aromatic rings. The Morgan fingerprint density at radius 2 is 1.83 bits per heavy atom. The predicted octanol–water partition coefficient (Wildman–Crippen LogP) is 4.07. The molecule has 0 radical (unpaired) electrons. The van der Waals surface area contributed by atoms with E-state index in [9.17, 15) is 9.59 Å². The number of nitrogens with one attached hydrogen (secondary N) is 2. The van der Waals surface area contributed by atoms with Crippen molar-refractivity contribution in [1.29, 1.82) is 0 Å². The second kappa shape index (κ2) is 11.8. The summed E-state index contributed by atoms with van der Waals surface area (Å²) in [4.78, 5) is 27.3. The molecule has 8 heteroatoms. The van der Waals surface area contributed by atoms with Gasteiger partial charge in [-0.15, -0.1) is 0 Å². The molecule has 2 aromatic carbocycles. The van der Waals surface area contributed by atoms with E-state index in [1.165, 1.54) is 0 Å². The lowest BCUT2D eigenvalue weighted by atomic mass is 10.1. The number of nitrogens with zero attached hydrogens (tertiary/aromatic N) is 1. The number of methoxy groups -OCH3 is 2. The summed E-state index contributed by atoms with van der Waals surface area (Å²) in [5.41, 5.74) is 2.48. The molecule has 2 amide bonds. The molecule has 190 valence electrons. The summed E-state index contributed by atoms with van der Waals surface area (Å²) in [5.74, 6) is 1.98. The summed E-state index contributed by atoms with van der Waals surface area (Å²) >= 11 is 0. The van der Waals surface area contributed by atoms with Crippen LogP contribution in [0, 0.1) is 0 Å². The van der Waals surface area contributed by atoms with Gasteiger partial charge in [0.1, 0.15) is 17.3 Å². The second-order valence-corrected chi connectivity index (χ2v) is 9.07. The van der Waals surface area contributed by atoms with Crippen LogP contribution >= 0.6 is 0 Å². The molecule has 0 bridgehead atoms. The van der Waals surface area contributed by atoms with Crippen LogP contribution in [0.3, 0.4) is 0 Å². The van der Waals surface area contributed by atoms with Gasteiger partial charge in [0.05, 0.1) is 39.6 Å². The molecule has 1 fully saturated rings. The van der Waals surface area contributed by atoms with E-state index in [0.29, 0.717) is 36.2 Å². The van der Waals surface area contributed by atoms with E-state index in [-0.39, 0.29) is 24.4 Å². The normalized spacial score (nSPS) is 13.8. The van der Waals surface area contributed by atoms with Crippen LogP contribution in [0.4, 0.5) is 0 Å². The molecule has 1 aliphatic carbocycles. The molecule has 1 aliphatic rings. The van der Waals surface area contributed by atoms with Gasteiger partial charge in [0.25, 0.3) is 5.91 Å². The lowest BCUT2D eigenvalue weighted by Gasteiger charge is -2.23. The van der Waals surface area contributed by atoms with Gasteiger partial charge in [-0.05, 0) is 67.8 Å². The Bertz CT molecular complexity index is 1160. The molecule has 4 rings (SSSR count). The zero-order valence-corrected chi connectivity index (χ0v) is 21.0. The Kier molecular flexibility index (Phi) is 8.28. The number of ether oxygens (including phenoxy) is 2. The van der Waals surface area contributed by atoms with Gasteiger partial charge >= 0.3 is 0 Å². The van der Waals surface area contributed by atoms with Crippen LogP contribution in [0.15, 0.2) is 65.3 Å². The van der Waals surface area contributed by atoms with E-state index >= 15 is 0 Å². The first-order valence-electron chi connectivity index (χ1n) is 12.1. The predicted molar refractivity (Wildman–Crippen MR) is 136 cm³/mol. The largest absolute Gasteiger partial charge is 0.497 e. The molecule has 0 spiro atoms. The quantitative estimate of drug-likeness (QED) is 0.397. The van der Waals surface area contributed by atoms with E-state index in [1.807, 2.05) is 66.4 Å². The molecule has 1 atom stereocenters. The Balaban J connectivity index is 1.41. The average molecular weight is 492 g/mol. The molecule has 0 aliphatic heterocycles. The molecule has 1 heterocycles. The highest BCUT2D eigenvalue weighted by atomic mass is 16.5. The van der Waals surface area contributed by atoms with Gasteiger partial charge in [-0.3, -0.25) is 14.5 Å². The summed E-state index contributed by atoms with van der Waals surface area (Å²) in [5, 5.41) is 6.07. The van der Waals surface area contributed by atoms with Crippen LogP contribution in [0.25, 0.3) is 0 Å². The Morgan fingerprint density at radius 3 is 2.47 bits per heavy atom. The third-order valence-electron chi connectivity index (χ3n) is 6.14. The summed E-state index contributed by atoms with van der Waals surface area (Å²) in [6, 6.07) is 16.8. The summed E-state index contributed by atoms with van der Waals surface area (Å²) in [6.45, 7) is 3.08. The van der Waals surface area contributed by atoms with Crippen LogP contribution in [0.2, 0.25) is 0 Å². The van der Waals surface area contributed by atoms with Crippen molar-refractivity contribution in [2.45, 2.75) is 44.9 Å². The van der Waals surface area contributed by atoms with E-state index in [1.54, 1.807) is 20.5 Å². The van der Waals surface area contributed by atoms with Gasteiger partial charge in [-0.1, -0.05) is 12.1 Å². The Hall–Kier alpha value is -3.78. The maximum absolute atomic E-state index is 13.1. The van der Waals surface area contributed by atoms with Gasteiger partial charge in [0, 0.05) is 23.7 Å². The number of furan rings is 1. The van der Waals surface area contributed by atoms with Crippen molar-refractivity contribution in [3.63, 3.8) is 0 Å². The fourth-order valence-electron chi connectivity index (χ4n) is 4.05. The van der Waals surface area contributed by atoms with Crippen LogP contribution in [-0.2, 0) is 17.9 Å². The van der Waals surface area contributed by atoms with E-state index in [4.69, 9.17) is 13.9 Å². The topological polar surface area (TPSA) is 93.0 Å². The first-order chi connectivity index (χ1) is 17.4. The first-order valence-corrected chi connectivity index (χ1v) is 12.1. The fourth-order valence-corrected chi connectivity index (χ4v) is 4.05. The number of amides is 2. The van der Waals surface area contributed by atoms with Gasteiger partial charge in [-0.25, -0.2) is 0 Å². The van der Waals surface area contributed by atoms with Crippen molar-refractivity contribution in [1.82, 2.24) is 15.5 Å². The number of benzene rings is 2. The monoisotopic (exact) mass is 491 g/mol. The number of carbonyl (C=O) groups excluding carboxylic acids is 2. The van der Waals surface area contributed by atoms with Crippen molar-refractivity contribution in [2.75, 3.05) is 20.8 Å². The minimum atomic E-state index is -0.280. The van der Waals surface area contributed by atoms with Gasteiger partial charge in [-0.2, -0.15) is 0 Å². The molecule has 8 nitrogen and oxygen atoms in total. The molecule has 36 heavy (non-hydrogen) atoms. The molecule has 1 saturated carbocycles. The summed E-state index contributed by atoms with van der Waals surface area (Å²) in [7, 11) is 3.21. The average Bonchev–Trinajstić information content (AvgIpc) is 3.55. The standard InChI is InChI=1S/C28H33N3O5/c1-19(25-15-23(34-2)12-13-26(25)35-3)29-27(32)18-31(17-24-5-4-14-36-24)16-20-6-8-21(9-7-20)28(33)30-22-10-11-22/h4-9,12-15,19,22H,10-11,16-18H2,1-3H3,(H,29,32)(H,30,33). The van der Waals surface area contributed by atoms with Crippen molar-refractivity contribution in [2.24, 2.45) is 0 Å². The van der Waals surface area contributed by atoms with Crippen molar-refractivity contribution in [3.8, 4) is 11.5 Å². The molecular weight excluding hydrogens is 458 g/mol. The van der Waals surface area contributed by atoms with Crippen LogP contribution in [-0.4, -0.2) is 43.5 Å². The molecule has 1 aromatic heterocycles. The minimum absolute atomic E-state index is 0.0437. The highest BCUT2D eigenvalue weighted by Crippen LogP contribution is 2.29. The van der Waals surface area contributed by atoms with Gasteiger partial charge in [0.2, 0.25) is 5.91 Å². The maximum atomic E-state index is 13.1. The van der Waals surface area contributed by atoms with Crippen molar-refractivity contribution < 1.29 is 23.5 Å². The Labute approximate surface area is 211 Å². The van der Waals surface area contributed by atoms with Crippen molar-refractivity contribution in [3.05, 3.63) is 83.3 Å². The maximum Gasteiger partial charge on any atom is 0.251 e. The SMILES string of the molecule is COc1ccc(OC)c(C(C)NC(=O)CN(Cc2ccc(C(=O)NC3CC3)cc2)Cc2ccco2)c1. The molecule has 1 unspecified atom stereocenters. The van der Waals surface area contributed by atoms with Gasteiger partial charge in [0.15, 0.2) is 0 Å². The number of rotatable bonds is 12. The molecule has 2 N–H and O–H groups in total. The highest BCUT2D eigenvalue weighted by molar-refractivity contribution is 5.94. The first kappa shape index (κ1) is 25.3. The van der Waals surface area contributed by atoms with Crippen LogP contribution in [0.5, 0.6) is 11.5 Å². The van der Waals surface area contributed by atoms with E-state index in [2.05, 4.69) is 10.6 Å². The minimum Gasteiger partial charge on any atom is -0.497 e. The molecular formula is C28H33N3O5. The van der Waals surface area contributed by atoms with Gasteiger partial charge < -0.3 is 24.5 Å². The summed E-state index contributed by atoms with van der Waals surface area (Å²) in [6.07, 6.45) is 3.73. The lowest BCUT2D eigenvalue weighted by molar-refractivity contribution is -0.123. The Morgan fingerprint density at radius 1 is 1.06 bits per heavy atom. The summed E-state index contributed by atoms with van der Waals surface area (Å²) < 4.78 is 16.3. The number of carbonyl (C=O) groups is 2. The third-order valence-corrected chi connectivity index (χ3v) is 6.14.